The van der Waals surface area contributed by atoms with Crippen molar-refractivity contribution in [1.29, 1.82) is 0 Å². The summed E-state index contributed by atoms with van der Waals surface area (Å²) in [6.45, 7) is 3.77. The maximum Gasteiger partial charge on any atom is 0.244 e. The van der Waals surface area contributed by atoms with Crippen LogP contribution in [0.3, 0.4) is 0 Å². The molecule has 2 heterocycles. The van der Waals surface area contributed by atoms with E-state index in [1.54, 1.807) is 6.08 Å². The van der Waals surface area contributed by atoms with Crippen LogP contribution < -0.4 is 15.9 Å². The second-order valence-electron chi connectivity index (χ2n) is 6.59. The van der Waals surface area contributed by atoms with E-state index < -0.39 is 0 Å². The van der Waals surface area contributed by atoms with Crippen LogP contribution in [0, 0.1) is 0 Å². The van der Waals surface area contributed by atoms with Gasteiger partial charge in [-0.25, -0.2) is 4.99 Å². The number of amidine groups is 1. The number of aromatic hydroxyl groups is 1. The Morgan fingerprint density at radius 1 is 1.46 bits per heavy atom. The first-order chi connectivity index (χ1) is 13.5. The van der Waals surface area contributed by atoms with E-state index >= 15 is 0 Å². The minimum absolute atomic E-state index is 0.0204. The third-order valence-corrected chi connectivity index (χ3v) is 5.11. The molecule has 0 saturated heterocycles. The second-order valence-corrected chi connectivity index (χ2v) is 7.62. The molecule has 2 N–H and O–H groups in total. The summed E-state index contributed by atoms with van der Waals surface area (Å²) >= 11 is 1.42. The summed E-state index contributed by atoms with van der Waals surface area (Å²) in [6, 6.07) is 6.17. The Morgan fingerprint density at radius 3 is 3.00 bits per heavy atom. The van der Waals surface area contributed by atoms with E-state index in [1.807, 2.05) is 31.2 Å². The van der Waals surface area contributed by atoms with Gasteiger partial charge in [0.1, 0.15) is 5.76 Å². The van der Waals surface area contributed by atoms with Crippen molar-refractivity contribution in [2.75, 3.05) is 11.9 Å². The van der Waals surface area contributed by atoms with Crippen molar-refractivity contribution in [3.63, 3.8) is 0 Å². The number of carbonyl (C=O) groups excluding carboxylic acids is 1. The predicted molar refractivity (Wildman–Crippen MR) is 109 cm³/mol. The lowest BCUT2D eigenvalue weighted by Gasteiger charge is -2.13. The quantitative estimate of drug-likeness (QED) is 0.808. The number of benzene rings is 1. The van der Waals surface area contributed by atoms with E-state index in [4.69, 9.17) is 4.74 Å². The molecule has 144 valence electrons. The number of amides is 1. The summed E-state index contributed by atoms with van der Waals surface area (Å²) < 4.78 is 5.73. The van der Waals surface area contributed by atoms with Crippen LogP contribution in [0.2, 0.25) is 0 Å². The van der Waals surface area contributed by atoms with E-state index in [-0.39, 0.29) is 11.8 Å². The number of rotatable bonds is 5. The lowest BCUT2D eigenvalue weighted by Crippen LogP contribution is -2.21. The van der Waals surface area contributed by atoms with E-state index in [0.717, 1.165) is 28.8 Å². The van der Waals surface area contributed by atoms with Crippen LogP contribution >= 0.6 is 11.3 Å². The summed E-state index contributed by atoms with van der Waals surface area (Å²) in [5.74, 6) is 0.658. The number of anilines is 1. The minimum Gasteiger partial charge on any atom is -0.493 e. The Morgan fingerprint density at radius 2 is 2.29 bits per heavy atom. The average Bonchev–Trinajstić information content (AvgIpc) is 3.38. The topological polar surface area (TPSA) is 96.2 Å². The molecule has 1 fully saturated rings. The molecule has 1 aliphatic heterocycles. The van der Waals surface area contributed by atoms with E-state index in [1.165, 1.54) is 18.3 Å². The molecule has 4 rings (SSSR count). The van der Waals surface area contributed by atoms with Gasteiger partial charge in [0.25, 0.3) is 0 Å². The van der Waals surface area contributed by atoms with Gasteiger partial charge in [0.2, 0.25) is 11.8 Å². The Kier molecular flexibility index (Phi) is 4.95. The van der Waals surface area contributed by atoms with E-state index in [0.29, 0.717) is 34.5 Å². The zero-order valence-corrected chi connectivity index (χ0v) is 16.4. The highest BCUT2D eigenvalue weighted by molar-refractivity contribution is 7.16. The summed E-state index contributed by atoms with van der Waals surface area (Å²) in [7, 11) is 0. The lowest BCUT2D eigenvalue weighted by molar-refractivity contribution is -0.115. The van der Waals surface area contributed by atoms with Crippen LogP contribution in [0.4, 0.5) is 5.13 Å². The Balaban J connectivity index is 1.73. The zero-order chi connectivity index (χ0) is 19.7. The summed E-state index contributed by atoms with van der Waals surface area (Å²) in [5.41, 5.74) is 0.818. The van der Waals surface area contributed by atoms with E-state index in [2.05, 4.69) is 20.3 Å². The third-order valence-electron chi connectivity index (χ3n) is 4.19. The second kappa shape index (κ2) is 7.55. The molecule has 1 aliphatic carbocycles. The molecule has 1 aromatic heterocycles. The van der Waals surface area contributed by atoms with Crippen molar-refractivity contribution in [3.05, 3.63) is 45.3 Å². The highest BCUT2D eigenvalue weighted by atomic mass is 32.1. The molecule has 28 heavy (non-hydrogen) atoms. The van der Waals surface area contributed by atoms with Crippen LogP contribution in [0.15, 0.2) is 34.3 Å². The lowest BCUT2D eigenvalue weighted by atomic mass is 10.1. The molecule has 1 amide bonds. The molecule has 7 nitrogen and oxygen atoms in total. The fraction of sp³-hybridized carbons (Fsp3) is 0.300. The number of ether oxygens (including phenoxy) is 1. The van der Waals surface area contributed by atoms with Crippen LogP contribution in [0.25, 0.3) is 11.8 Å². The summed E-state index contributed by atoms with van der Waals surface area (Å²) in [6.07, 6.45) is 5.84. The van der Waals surface area contributed by atoms with Gasteiger partial charge in [-0.1, -0.05) is 17.4 Å². The number of nitrogens with zero attached hydrogens (tertiary/aromatic N) is 3. The maximum absolute atomic E-state index is 11.3. The molecule has 8 heteroatoms. The third kappa shape index (κ3) is 4.12. The van der Waals surface area contributed by atoms with Crippen LogP contribution in [0.1, 0.15) is 37.1 Å². The molecule has 0 radical (unpaired) electrons. The molecule has 0 bridgehead atoms. The smallest absolute Gasteiger partial charge is 0.244 e. The molecule has 2 aromatic rings. The average molecular weight is 396 g/mol. The largest absolute Gasteiger partial charge is 0.493 e. The summed E-state index contributed by atoms with van der Waals surface area (Å²) in [4.78, 5) is 24.5. The molecule has 0 atom stereocenters. The molecule has 2 aliphatic rings. The van der Waals surface area contributed by atoms with E-state index in [9.17, 15) is 9.90 Å². The van der Waals surface area contributed by atoms with Gasteiger partial charge in [0.15, 0.2) is 11.0 Å². The van der Waals surface area contributed by atoms with Gasteiger partial charge in [-0.3, -0.25) is 4.79 Å². The number of aliphatic imine (C=N–C) groups is 1. The Labute approximate surface area is 165 Å². The number of carbonyl (C=O) groups is 1. The first-order valence-electron chi connectivity index (χ1n) is 9.13. The molecular weight excluding hydrogens is 376 g/mol. The molecule has 1 saturated carbocycles. The van der Waals surface area contributed by atoms with Gasteiger partial charge in [0.05, 0.1) is 16.8 Å². The van der Waals surface area contributed by atoms with Crippen molar-refractivity contribution in [1.82, 2.24) is 4.98 Å². The predicted octanol–water partition coefficient (Wildman–Crippen LogP) is 2.21. The Bertz CT molecular complexity index is 1110. The highest BCUT2D eigenvalue weighted by Crippen LogP contribution is 2.32. The van der Waals surface area contributed by atoms with Crippen molar-refractivity contribution < 1.29 is 14.6 Å². The SMILES string of the molecule is CCOC1=CC(=NC(C)=O)N=c2cc/c(=C\c3sc(NC4CC4)nc3O)cc21. The maximum atomic E-state index is 11.3. The van der Waals surface area contributed by atoms with Crippen molar-refractivity contribution >= 4 is 40.0 Å². The number of thiazole rings is 1. The first-order valence-corrected chi connectivity index (χ1v) is 9.94. The van der Waals surface area contributed by atoms with Crippen LogP contribution in [0.5, 0.6) is 5.88 Å². The number of nitrogens with one attached hydrogen (secondary N) is 1. The number of fused-ring (bicyclic) bond motifs is 1. The monoisotopic (exact) mass is 396 g/mol. The van der Waals surface area contributed by atoms with Gasteiger partial charge < -0.3 is 15.2 Å². The normalized spacial score (nSPS) is 17.7. The molecule has 0 unspecified atom stereocenters. The van der Waals surface area contributed by atoms with Gasteiger partial charge in [-0.05, 0) is 43.2 Å². The standard InChI is InChI=1S/C20H20N4O3S/c1-3-27-16-10-18(21-11(2)25)23-15-7-4-12(8-14(15)16)9-17-19(26)24-20(28-17)22-13-5-6-13/h4,7-10,13,26H,3,5-6H2,1-2H3,(H,22,24)/b12-9+,21-18?. The molecular formula is C20H20N4O3S. The number of hydrogen-bond donors (Lipinski definition) is 2. The van der Waals surface area contributed by atoms with Crippen LogP contribution in [-0.2, 0) is 9.53 Å². The fourth-order valence-corrected chi connectivity index (χ4v) is 3.71. The number of hydrogen-bond acceptors (Lipinski definition) is 6. The van der Waals surface area contributed by atoms with Gasteiger partial charge in [0, 0.05) is 24.6 Å². The van der Waals surface area contributed by atoms with Crippen molar-refractivity contribution in [2.24, 2.45) is 9.98 Å². The number of aromatic nitrogens is 1. The van der Waals surface area contributed by atoms with Gasteiger partial charge in [-0.2, -0.15) is 9.98 Å². The van der Waals surface area contributed by atoms with Gasteiger partial charge >= 0.3 is 0 Å². The molecule has 1 aromatic carbocycles. The minimum atomic E-state index is -0.310. The fourth-order valence-electron chi connectivity index (χ4n) is 2.82. The summed E-state index contributed by atoms with van der Waals surface area (Å²) in [5, 5.41) is 15.8. The highest BCUT2D eigenvalue weighted by Gasteiger charge is 2.22. The Hall–Kier alpha value is -3.00. The molecule has 0 spiro atoms. The zero-order valence-electron chi connectivity index (χ0n) is 15.6. The van der Waals surface area contributed by atoms with Crippen molar-refractivity contribution in [2.45, 2.75) is 32.7 Å². The van der Waals surface area contributed by atoms with Crippen LogP contribution in [-0.4, -0.2) is 34.5 Å². The van der Waals surface area contributed by atoms with Crippen molar-refractivity contribution in [3.8, 4) is 5.88 Å². The first kappa shape index (κ1) is 18.4. The van der Waals surface area contributed by atoms with Gasteiger partial charge in [-0.15, -0.1) is 0 Å².